The Morgan fingerprint density at radius 1 is 0.981 bits per heavy atom. The van der Waals surface area contributed by atoms with Crippen LogP contribution in [-0.4, -0.2) is 68.2 Å². The maximum absolute atomic E-state index is 13.9. The molecule has 0 unspecified atom stereocenters. The van der Waals surface area contributed by atoms with Crippen molar-refractivity contribution >= 4 is 49.8 Å². The summed E-state index contributed by atoms with van der Waals surface area (Å²) < 4.78 is 18.7. The number of carbonyl (C=O) groups is 3. The van der Waals surface area contributed by atoms with E-state index in [1.54, 1.807) is 0 Å². The molecule has 0 saturated carbocycles. The van der Waals surface area contributed by atoms with E-state index in [1.807, 2.05) is 62.4 Å². The summed E-state index contributed by atoms with van der Waals surface area (Å²) in [6.07, 6.45) is 2.91. The average Bonchev–Trinajstić information content (AvgIpc) is 3.40. The Morgan fingerprint density at radius 3 is 2.11 bits per heavy atom. The molecular weight excluding hydrogens is 697 g/mol. The number of aromatic hydroxyl groups is 1. The highest BCUT2D eigenvalue weighted by atomic mass is 28.4. The normalized spacial score (nSPS) is 22.0. The van der Waals surface area contributed by atoms with Crippen molar-refractivity contribution in [2.45, 2.75) is 84.7 Å². The van der Waals surface area contributed by atoms with Gasteiger partial charge < -0.3 is 23.9 Å². The number of phenolic OH excluding ortho intramolecular Hbond substituents is 1. The van der Waals surface area contributed by atoms with E-state index in [2.05, 4.69) is 58.0 Å². The number of likely N-dealkylation sites (tertiary alicyclic amines) is 1. The minimum Gasteiger partial charge on any atom is -0.507 e. The third kappa shape index (κ3) is 7.26. The number of methoxy groups -OCH3 is 1. The van der Waals surface area contributed by atoms with Crippen LogP contribution in [0.5, 0.6) is 5.75 Å². The Bertz CT molecular complexity index is 1890. The monoisotopic (exact) mass is 749 g/mol. The van der Waals surface area contributed by atoms with Crippen molar-refractivity contribution in [1.82, 2.24) is 4.90 Å². The predicted molar refractivity (Wildman–Crippen MR) is 213 cm³/mol. The van der Waals surface area contributed by atoms with E-state index in [0.29, 0.717) is 23.5 Å². The van der Waals surface area contributed by atoms with E-state index in [4.69, 9.17) is 13.8 Å². The summed E-state index contributed by atoms with van der Waals surface area (Å²) in [7, 11) is -3.01. The van der Waals surface area contributed by atoms with Gasteiger partial charge in [0.25, 0.3) is 8.32 Å². The highest BCUT2D eigenvalue weighted by molar-refractivity contribution is 6.99. The van der Waals surface area contributed by atoms with Crippen molar-refractivity contribution in [2.24, 2.45) is 17.8 Å². The molecule has 11 heteroatoms. The van der Waals surface area contributed by atoms with Gasteiger partial charge in [-0.05, 0) is 107 Å². The topological polar surface area (TPSA) is 123 Å². The van der Waals surface area contributed by atoms with E-state index in [-0.39, 0.29) is 24.4 Å². The highest BCUT2D eigenvalue weighted by Gasteiger charge is 2.59. The number of ether oxygens (including phenoxy) is 1. The second kappa shape index (κ2) is 15.8. The molecule has 2 saturated heterocycles. The first-order chi connectivity index (χ1) is 25.7. The molecule has 3 amide bonds. The van der Waals surface area contributed by atoms with Crippen LogP contribution in [0.15, 0.2) is 89.5 Å². The van der Waals surface area contributed by atoms with Crippen molar-refractivity contribution < 1.29 is 38.3 Å². The van der Waals surface area contributed by atoms with Crippen molar-refractivity contribution in [2.75, 3.05) is 13.7 Å². The van der Waals surface area contributed by atoms with Gasteiger partial charge in [-0.25, -0.2) is 4.79 Å². The van der Waals surface area contributed by atoms with E-state index in [9.17, 15) is 24.5 Å². The molecule has 3 aromatic carbocycles. The number of benzene rings is 3. The summed E-state index contributed by atoms with van der Waals surface area (Å²) >= 11 is 0. The Kier molecular flexibility index (Phi) is 11.5. The second-order valence-electron chi connectivity index (χ2n) is 15.9. The third-order valence-electron chi connectivity index (χ3n) is 11.6. The van der Waals surface area contributed by atoms with Crippen molar-refractivity contribution in [3.8, 4) is 5.75 Å². The first-order valence-electron chi connectivity index (χ1n) is 19.0. The van der Waals surface area contributed by atoms with Crippen molar-refractivity contribution in [3.63, 3.8) is 0 Å². The van der Waals surface area contributed by atoms with Crippen molar-refractivity contribution in [1.29, 1.82) is 0 Å². The number of hydrogen-bond acceptors (Lipinski definition) is 8. The summed E-state index contributed by atoms with van der Waals surface area (Å²) in [5.74, 6) is -3.02. The molecule has 3 aliphatic rings. The Labute approximate surface area is 320 Å². The molecule has 54 heavy (non-hydrogen) atoms. The summed E-state index contributed by atoms with van der Waals surface area (Å²) in [6, 6.07) is 24.6. The van der Waals surface area contributed by atoms with Gasteiger partial charge in [0.05, 0.1) is 31.7 Å². The summed E-state index contributed by atoms with van der Waals surface area (Å²) in [5.41, 5.74) is 5.55. The largest absolute Gasteiger partial charge is 0.507 e. The lowest BCUT2D eigenvalue weighted by Crippen LogP contribution is -2.66. The number of imide groups is 3. The number of rotatable bonds is 10. The van der Waals surface area contributed by atoms with Crippen LogP contribution in [0.1, 0.15) is 70.1 Å². The lowest BCUT2D eigenvalue weighted by atomic mass is 9.58. The van der Waals surface area contributed by atoms with Crippen LogP contribution >= 0.6 is 0 Å². The fraction of sp³-hybridized carbons (Fsp3) is 0.419. The number of fused-ring (bicyclic) bond motifs is 3. The molecular formula is C43H52BNO8Si. The van der Waals surface area contributed by atoms with Gasteiger partial charge in [0.15, 0.2) is 0 Å². The zero-order valence-electron chi connectivity index (χ0n) is 32.4. The molecule has 2 heterocycles. The number of carbonyl (C=O) groups excluding carboxylic acids is 3. The predicted octanol–water partition coefficient (Wildman–Crippen LogP) is 6.72. The summed E-state index contributed by atoms with van der Waals surface area (Å²) in [4.78, 5) is 41.2. The number of phenols is 1. The molecule has 2 aliphatic heterocycles. The second-order valence-corrected chi connectivity index (χ2v) is 20.3. The lowest BCUT2D eigenvalue weighted by Gasteiger charge is -2.46. The van der Waals surface area contributed by atoms with Crippen molar-refractivity contribution in [3.05, 3.63) is 106 Å². The van der Waals surface area contributed by atoms with Gasteiger partial charge in [-0.1, -0.05) is 100 Å². The molecule has 0 radical (unpaired) electrons. The number of aryl methyl sites for hydroxylation is 2. The highest BCUT2D eigenvalue weighted by Crippen LogP contribution is 2.51. The van der Waals surface area contributed by atoms with Gasteiger partial charge in [-0.3, -0.25) is 9.59 Å². The SMILES string of the molecule is CC/C(=C\c1cc(C)c(O)c(C)c1)CC[C@H]1OB(O)C[C@H]2C1=C(CO[Si](c1ccccc1)(c1ccccc1)C(C)(C)C)C[C@H]1C(=O)N(C(=O)OC)C(=O)[C@H]12. The molecule has 6 rings (SSSR count). The zero-order chi connectivity index (χ0) is 38.9. The summed E-state index contributed by atoms with van der Waals surface area (Å²) in [5, 5.41) is 23.5. The minimum absolute atomic E-state index is 0.117. The van der Waals surface area contributed by atoms with Crippen LogP contribution in [-0.2, 0) is 23.4 Å². The molecule has 284 valence electrons. The fourth-order valence-corrected chi connectivity index (χ4v) is 13.6. The van der Waals surface area contributed by atoms with Crippen LogP contribution in [0.2, 0.25) is 11.4 Å². The molecule has 4 atom stereocenters. The van der Waals surface area contributed by atoms with Crippen LogP contribution in [0.25, 0.3) is 6.08 Å². The first kappa shape index (κ1) is 39.4. The van der Waals surface area contributed by atoms with E-state index in [0.717, 1.165) is 51.7 Å². The smallest absolute Gasteiger partial charge is 0.455 e. The van der Waals surface area contributed by atoms with Crippen LogP contribution in [0.3, 0.4) is 0 Å². The van der Waals surface area contributed by atoms with Gasteiger partial charge in [0, 0.05) is 0 Å². The minimum atomic E-state index is -3.01. The summed E-state index contributed by atoms with van der Waals surface area (Å²) in [6.45, 7) is 12.7. The van der Waals surface area contributed by atoms with Crippen LogP contribution in [0, 0.1) is 31.6 Å². The Hall–Kier alpha value is -4.29. The van der Waals surface area contributed by atoms with E-state index < -0.39 is 57.2 Å². The standard InChI is InChI=1S/C43H52BNO8Si/c1-8-29(23-30-21-27(2)39(46)28(3)22-30)19-20-36-37-31(24-34-38(35(37)25-44(50)53-36)41(48)45(40(34)47)42(49)51-7)26-52-54(43(4,5)6,32-15-11-9-12-16-32)33-17-13-10-14-18-33/h9-18,21-23,34-36,38,46,50H,8,19-20,24-26H2,1-7H3/b29-23+/t34-,35+,36-,38-/m1/s1. The molecule has 0 aromatic heterocycles. The van der Waals surface area contributed by atoms with Gasteiger partial charge >= 0.3 is 13.2 Å². The average molecular weight is 750 g/mol. The molecule has 1 aliphatic carbocycles. The maximum Gasteiger partial charge on any atom is 0.455 e. The molecule has 9 nitrogen and oxygen atoms in total. The fourth-order valence-electron chi connectivity index (χ4n) is 9.10. The molecule has 2 fully saturated rings. The number of amides is 3. The Morgan fingerprint density at radius 2 is 1.57 bits per heavy atom. The lowest BCUT2D eigenvalue weighted by molar-refractivity contribution is -0.137. The molecule has 0 spiro atoms. The first-order valence-corrected chi connectivity index (χ1v) is 20.9. The number of allylic oxidation sites excluding steroid dienone is 1. The molecule has 2 N–H and O–H groups in total. The number of hydrogen-bond donors (Lipinski definition) is 2. The zero-order valence-corrected chi connectivity index (χ0v) is 33.4. The van der Waals surface area contributed by atoms with Gasteiger partial charge in [-0.15, -0.1) is 0 Å². The van der Waals surface area contributed by atoms with Crippen LogP contribution < -0.4 is 10.4 Å². The quantitative estimate of drug-likeness (QED) is 0.133. The molecule has 3 aromatic rings. The van der Waals surface area contributed by atoms with Gasteiger partial charge in [0.2, 0.25) is 11.8 Å². The van der Waals surface area contributed by atoms with Gasteiger partial charge in [0.1, 0.15) is 5.75 Å². The van der Waals surface area contributed by atoms with E-state index in [1.165, 1.54) is 5.57 Å². The third-order valence-corrected chi connectivity index (χ3v) is 16.6. The Balaban J connectivity index is 1.43. The van der Waals surface area contributed by atoms with Crippen LogP contribution in [0.4, 0.5) is 4.79 Å². The van der Waals surface area contributed by atoms with Gasteiger partial charge in [-0.2, -0.15) is 4.90 Å². The number of nitrogens with zero attached hydrogens (tertiary/aromatic N) is 1. The maximum atomic E-state index is 13.9. The van der Waals surface area contributed by atoms with E-state index >= 15 is 0 Å². The molecule has 0 bridgehead atoms.